The zero-order valence-electron chi connectivity index (χ0n) is 8.58. The number of halogens is 3. The number of nitrogen functional groups attached to an aromatic ring is 1. The lowest BCUT2D eigenvalue weighted by atomic mass is 10.3. The molecule has 5 heteroatoms. The first-order valence-corrected chi connectivity index (χ1v) is 5.91. The minimum atomic E-state index is -0.564. The Hall–Kier alpha value is -1.26. The van der Waals surface area contributed by atoms with E-state index in [-0.39, 0.29) is 16.5 Å². The number of anilines is 1. The van der Waals surface area contributed by atoms with Crippen molar-refractivity contribution in [3.05, 3.63) is 51.7 Å². The predicted molar refractivity (Wildman–Crippen MR) is 70.0 cm³/mol. The molecule has 0 saturated heterocycles. The van der Waals surface area contributed by atoms with Crippen LogP contribution in [0, 0.1) is 5.82 Å². The molecular weight excluding hydrogens is 308 g/mol. The Kier molecular flexibility index (Phi) is 3.54. The first-order valence-electron chi connectivity index (χ1n) is 4.74. The van der Waals surface area contributed by atoms with E-state index in [2.05, 4.69) is 15.9 Å². The van der Waals surface area contributed by atoms with Gasteiger partial charge < -0.3 is 10.5 Å². The van der Waals surface area contributed by atoms with E-state index in [9.17, 15) is 4.39 Å². The van der Waals surface area contributed by atoms with Gasteiger partial charge in [0.05, 0.1) is 10.7 Å². The zero-order valence-corrected chi connectivity index (χ0v) is 10.9. The highest BCUT2D eigenvalue weighted by Crippen LogP contribution is 2.32. The molecule has 0 atom stereocenters. The monoisotopic (exact) mass is 315 g/mol. The van der Waals surface area contributed by atoms with Gasteiger partial charge in [-0.15, -0.1) is 0 Å². The Labute approximate surface area is 111 Å². The standard InChI is InChI=1S/C12H8BrClFNO/c13-7-2-1-3-8(4-7)17-12-6-10(15)9(14)5-11(12)16/h1-6H,16H2. The number of hydrogen-bond acceptors (Lipinski definition) is 2. The van der Waals surface area contributed by atoms with Crippen LogP contribution in [0.1, 0.15) is 0 Å². The zero-order chi connectivity index (χ0) is 12.4. The highest BCUT2D eigenvalue weighted by molar-refractivity contribution is 9.10. The summed E-state index contributed by atoms with van der Waals surface area (Å²) < 4.78 is 19.6. The predicted octanol–water partition coefficient (Wildman–Crippen LogP) is 4.62. The van der Waals surface area contributed by atoms with Crippen LogP contribution < -0.4 is 10.5 Å². The maximum atomic E-state index is 13.3. The van der Waals surface area contributed by atoms with Crippen LogP contribution in [0.25, 0.3) is 0 Å². The smallest absolute Gasteiger partial charge is 0.153 e. The number of nitrogens with two attached hydrogens (primary N) is 1. The minimum absolute atomic E-state index is 0.0240. The SMILES string of the molecule is Nc1cc(Cl)c(F)cc1Oc1cccc(Br)c1. The van der Waals surface area contributed by atoms with Gasteiger partial charge in [0.2, 0.25) is 0 Å². The van der Waals surface area contributed by atoms with Gasteiger partial charge in [0.25, 0.3) is 0 Å². The van der Waals surface area contributed by atoms with Crippen molar-refractivity contribution in [1.29, 1.82) is 0 Å². The van der Waals surface area contributed by atoms with E-state index in [1.54, 1.807) is 12.1 Å². The molecule has 0 amide bonds. The maximum Gasteiger partial charge on any atom is 0.153 e. The molecule has 0 bridgehead atoms. The molecule has 2 aromatic carbocycles. The van der Waals surface area contributed by atoms with Gasteiger partial charge >= 0.3 is 0 Å². The molecule has 17 heavy (non-hydrogen) atoms. The summed E-state index contributed by atoms with van der Waals surface area (Å²) in [5.74, 6) is 0.240. The van der Waals surface area contributed by atoms with Crippen LogP contribution >= 0.6 is 27.5 Å². The fraction of sp³-hybridized carbons (Fsp3) is 0. The molecule has 0 heterocycles. The molecule has 0 radical (unpaired) electrons. The van der Waals surface area contributed by atoms with Crippen molar-refractivity contribution in [2.45, 2.75) is 0 Å². The molecule has 0 aliphatic rings. The quantitative estimate of drug-likeness (QED) is 0.821. The number of rotatable bonds is 2. The number of benzene rings is 2. The maximum absolute atomic E-state index is 13.3. The molecule has 0 unspecified atom stereocenters. The third-order valence-electron chi connectivity index (χ3n) is 2.08. The summed E-state index contributed by atoms with van der Waals surface area (Å²) >= 11 is 8.91. The lowest BCUT2D eigenvalue weighted by molar-refractivity contribution is 0.479. The van der Waals surface area contributed by atoms with Crippen molar-refractivity contribution >= 4 is 33.2 Å². The summed E-state index contributed by atoms with van der Waals surface area (Å²) in [6, 6.07) is 9.66. The van der Waals surface area contributed by atoms with Crippen molar-refractivity contribution in [2.75, 3.05) is 5.73 Å². The average molecular weight is 317 g/mol. The van der Waals surface area contributed by atoms with Crippen LogP contribution in [0.4, 0.5) is 10.1 Å². The molecular formula is C12H8BrClFNO. The topological polar surface area (TPSA) is 35.2 Å². The highest BCUT2D eigenvalue weighted by Gasteiger charge is 2.08. The molecule has 0 saturated carbocycles. The first kappa shape index (κ1) is 12.2. The van der Waals surface area contributed by atoms with E-state index < -0.39 is 5.82 Å². The van der Waals surface area contributed by atoms with Gasteiger partial charge in [-0.3, -0.25) is 0 Å². The van der Waals surface area contributed by atoms with Crippen LogP contribution in [-0.4, -0.2) is 0 Å². The van der Waals surface area contributed by atoms with Crippen LogP contribution in [0.5, 0.6) is 11.5 Å². The van der Waals surface area contributed by atoms with E-state index >= 15 is 0 Å². The third-order valence-corrected chi connectivity index (χ3v) is 2.86. The fourth-order valence-corrected chi connectivity index (χ4v) is 1.84. The summed E-state index contributed by atoms with van der Waals surface area (Å²) in [6.07, 6.45) is 0. The second-order valence-electron chi connectivity index (χ2n) is 3.36. The van der Waals surface area contributed by atoms with E-state index in [1.165, 1.54) is 12.1 Å². The van der Waals surface area contributed by atoms with Gasteiger partial charge in [0.1, 0.15) is 11.6 Å². The summed E-state index contributed by atoms with van der Waals surface area (Å²) in [7, 11) is 0. The Balaban J connectivity index is 2.33. The van der Waals surface area contributed by atoms with E-state index in [4.69, 9.17) is 22.1 Å². The Morgan fingerprint density at radius 2 is 2.00 bits per heavy atom. The summed E-state index contributed by atoms with van der Waals surface area (Å²) in [5, 5.41) is -0.0240. The number of hydrogen-bond donors (Lipinski definition) is 1. The highest BCUT2D eigenvalue weighted by atomic mass is 79.9. The van der Waals surface area contributed by atoms with Crippen LogP contribution in [0.3, 0.4) is 0 Å². The molecule has 2 aromatic rings. The molecule has 0 aliphatic carbocycles. The van der Waals surface area contributed by atoms with Gasteiger partial charge in [0, 0.05) is 10.5 Å². The second-order valence-corrected chi connectivity index (χ2v) is 4.69. The van der Waals surface area contributed by atoms with Gasteiger partial charge in [-0.1, -0.05) is 33.6 Å². The van der Waals surface area contributed by atoms with Crippen molar-refractivity contribution in [2.24, 2.45) is 0 Å². The van der Waals surface area contributed by atoms with E-state index in [0.717, 1.165) is 4.47 Å². The van der Waals surface area contributed by atoms with Gasteiger partial charge in [0.15, 0.2) is 5.75 Å². The van der Waals surface area contributed by atoms with Gasteiger partial charge in [-0.2, -0.15) is 0 Å². The van der Waals surface area contributed by atoms with E-state index in [1.807, 2.05) is 12.1 Å². The molecule has 0 aromatic heterocycles. The summed E-state index contributed by atoms with van der Waals surface area (Å²) in [6.45, 7) is 0. The van der Waals surface area contributed by atoms with Crippen LogP contribution in [-0.2, 0) is 0 Å². The normalized spacial score (nSPS) is 10.3. The molecule has 0 fully saturated rings. The van der Waals surface area contributed by atoms with Crippen molar-refractivity contribution < 1.29 is 9.13 Å². The molecule has 88 valence electrons. The lowest BCUT2D eigenvalue weighted by Gasteiger charge is -2.09. The molecule has 2 rings (SSSR count). The first-order chi connectivity index (χ1) is 8.06. The third kappa shape index (κ3) is 2.90. The lowest BCUT2D eigenvalue weighted by Crippen LogP contribution is -1.93. The average Bonchev–Trinajstić information content (AvgIpc) is 2.26. The van der Waals surface area contributed by atoms with Crippen molar-refractivity contribution in [1.82, 2.24) is 0 Å². The fourth-order valence-electron chi connectivity index (χ4n) is 1.29. The molecule has 0 aliphatic heterocycles. The Morgan fingerprint density at radius 1 is 1.24 bits per heavy atom. The van der Waals surface area contributed by atoms with Gasteiger partial charge in [-0.05, 0) is 24.3 Å². The summed E-state index contributed by atoms with van der Waals surface area (Å²) in [5.41, 5.74) is 5.98. The Morgan fingerprint density at radius 3 is 2.71 bits per heavy atom. The second kappa shape index (κ2) is 4.94. The largest absolute Gasteiger partial charge is 0.455 e. The molecule has 2 nitrogen and oxygen atoms in total. The molecule has 0 spiro atoms. The number of ether oxygens (including phenoxy) is 1. The van der Waals surface area contributed by atoms with Crippen LogP contribution in [0.15, 0.2) is 40.9 Å². The van der Waals surface area contributed by atoms with Gasteiger partial charge in [-0.25, -0.2) is 4.39 Å². The van der Waals surface area contributed by atoms with E-state index in [0.29, 0.717) is 5.75 Å². The Bertz CT molecular complexity index is 562. The minimum Gasteiger partial charge on any atom is -0.455 e. The summed E-state index contributed by atoms with van der Waals surface area (Å²) in [4.78, 5) is 0. The van der Waals surface area contributed by atoms with Crippen molar-refractivity contribution in [3.8, 4) is 11.5 Å². The molecule has 2 N–H and O–H groups in total. The van der Waals surface area contributed by atoms with Crippen LogP contribution in [0.2, 0.25) is 5.02 Å². The van der Waals surface area contributed by atoms with Crippen molar-refractivity contribution in [3.63, 3.8) is 0 Å².